The van der Waals surface area contributed by atoms with E-state index in [4.69, 9.17) is 5.73 Å². The van der Waals surface area contributed by atoms with Crippen LogP contribution in [0.3, 0.4) is 0 Å². The zero-order valence-electron chi connectivity index (χ0n) is 11.4. The Morgan fingerprint density at radius 3 is 2.45 bits per heavy atom. The van der Waals surface area contributed by atoms with Gasteiger partial charge in [0.15, 0.2) is 0 Å². The van der Waals surface area contributed by atoms with E-state index in [-0.39, 0.29) is 37.5 Å². The van der Waals surface area contributed by atoms with E-state index in [1.54, 1.807) is 0 Å². The summed E-state index contributed by atoms with van der Waals surface area (Å²) in [7, 11) is 0. The van der Waals surface area contributed by atoms with Gasteiger partial charge >= 0.3 is 0 Å². The number of amides is 1. The summed E-state index contributed by atoms with van der Waals surface area (Å²) in [4.78, 5) is 11.9. The van der Waals surface area contributed by atoms with Crippen LogP contribution in [0.5, 0.6) is 0 Å². The fraction of sp³-hybridized carbons (Fsp3) is 0.533. The average Bonchev–Trinajstić information content (AvgIpc) is 2.41. The summed E-state index contributed by atoms with van der Waals surface area (Å²) in [6.45, 7) is 0.523. The van der Waals surface area contributed by atoms with Crippen LogP contribution in [0, 0.1) is 5.92 Å². The topological polar surface area (TPSA) is 55.1 Å². The van der Waals surface area contributed by atoms with Gasteiger partial charge in [-0.2, -0.15) is 0 Å². The zero-order valence-corrected chi connectivity index (χ0v) is 11.4. The van der Waals surface area contributed by atoms with Crippen molar-refractivity contribution >= 4 is 11.6 Å². The number of rotatable bonds is 4. The van der Waals surface area contributed by atoms with Gasteiger partial charge in [0, 0.05) is 31.0 Å². The molecule has 1 saturated carbocycles. The molecule has 0 bridgehead atoms. The van der Waals surface area contributed by atoms with Gasteiger partial charge in [0.25, 0.3) is 0 Å². The third-order valence-electron chi connectivity index (χ3n) is 3.78. The molecule has 2 rings (SSSR count). The number of nitrogen functional groups attached to an aromatic ring is 1. The van der Waals surface area contributed by atoms with Crippen molar-refractivity contribution in [2.75, 3.05) is 12.3 Å². The normalized spacial score (nSPS) is 18.7. The van der Waals surface area contributed by atoms with E-state index >= 15 is 0 Å². The second-order valence-electron chi connectivity index (χ2n) is 5.41. The first-order valence-corrected chi connectivity index (χ1v) is 6.96. The maximum absolute atomic E-state index is 13.0. The van der Waals surface area contributed by atoms with Crippen LogP contribution in [0.25, 0.3) is 0 Å². The number of nitrogens with two attached hydrogens (primary N) is 1. The van der Waals surface area contributed by atoms with Crippen molar-refractivity contribution in [3.05, 3.63) is 29.8 Å². The minimum Gasteiger partial charge on any atom is -0.399 e. The van der Waals surface area contributed by atoms with Crippen LogP contribution in [-0.2, 0) is 11.2 Å². The molecule has 1 aliphatic carbocycles. The minimum absolute atomic E-state index is 0.101. The van der Waals surface area contributed by atoms with Gasteiger partial charge in [0.2, 0.25) is 11.8 Å². The molecule has 0 spiro atoms. The van der Waals surface area contributed by atoms with Gasteiger partial charge in [-0.3, -0.25) is 4.79 Å². The number of halogens is 2. The molecule has 5 heteroatoms. The van der Waals surface area contributed by atoms with E-state index < -0.39 is 5.92 Å². The summed E-state index contributed by atoms with van der Waals surface area (Å²) < 4.78 is 26.0. The average molecular weight is 282 g/mol. The molecule has 0 atom stereocenters. The van der Waals surface area contributed by atoms with Crippen LogP contribution in [-0.4, -0.2) is 18.4 Å². The van der Waals surface area contributed by atoms with Gasteiger partial charge in [-0.1, -0.05) is 12.1 Å². The van der Waals surface area contributed by atoms with Crippen LogP contribution in [0.2, 0.25) is 0 Å². The number of carbonyl (C=O) groups is 1. The lowest BCUT2D eigenvalue weighted by molar-refractivity contribution is -0.129. The lowest BCUT2D eigenvalue weighted by atomic mass is 9.86. The molecule has 1 amide bonds. The van der Waals surface area contributed by atoms with E-state index in [9.17, 15) is 13.6 Å². The molecule has 0 unspecified atom stereocenters. The number of alkyl halides is 2. The Morgan fingerprint density at radius 2 is 1.85 bits per heavy atom. The molecule has 1 aromatic rings. The van der Waals surface area contributed by atoms with Gasteiger partial charge < -0.3 is 11.1 Å². The lowest BCUT2D eigenvalue weighted by Gasteiger charge is -2.27. The van der Waals surface area contributed by atoms with Gasteiger partial charge in [-0.05, 0) is 37.0 Å². The summed E-state index contributed by atoms with van der Waals surface area (Å²) in [6, 6.07) is 7.48. The van der Waals surface area contributed by atoms with Crippen molar-refractivity contribution in [1.29, 1.82) is 0 Å². The van der Waals surface area contributed by atoms with Crippen LogP contribution in [0.15, 0.2) is 24.3 Å². The second-order valence-corrected chi connectivity index (χ2v) is 5.41. The Labute approximate surface area is 117 Å². The molecule has 0 aromatic heterocycles. The highest BCUT2D eigenvalue weighted by molar-refractivity contribution is 5.78. The monoisotopic (exact) mass is 282 g/mol. The molecule has 3 nitrogen and oxygen atoms in total. The molecule has 20 heavy (non-hydrogen) atoms. The first-order chi connectivity index (χ1) is 9.46. The molecule has 0 radical (unpaired) electrons. The van der Waals surface area contributed by atoms with Crippen LogP contribution >= 0.6 is 0 Å². The molecule has 1 aliphatic rings. The van der Waals surface area contributed by atoms with Crippen molar-refractivity contribution in [3.63, 3.8) is 0 Å². The number of anilines is 1. The lowest BCUT2D eigenvalue weighted by Crippen LogP contribution is -2.36. The first-order valence-electron chi connectivity index (χ1n) is 6.96. The first kappa shape index (κ1) is 14.8. The molecule has 3 N–H and O–H groups in total. The number of hydrogen-bond acceptors (Lipinski definition) is 2. The SMILES string of the molecule is Nc1ccc(CCNC(=O)C2CCC(F)(F)CC2)cc1. The predicted molar refractivity (Wildman–Crippen MR) is 74.5 cm³/mol. The van der Waals surface area contributed by atoms with Crippen LogP contribution in [0.4, 0.5) is 14.5 Å². The smallest absolute Gasteiger partial charge is 0.248 e. The summed E-state index contributed by atoms with van der Waals surface area (Å²) in [5.41, 5.74) is 7.39. The largest absolute Gasteiger partial charge is 0.399 e. The standard InChI is InChI=1S/C15H20F2N2O/c16-15(17)8-5-12(6-9-15)14(20)19-10-7-11-1-3-13(18)4-2-11/h1-4,12H,5-10,18H2,(H,19,20). The van der Waals surface area contributed by atoms with Crippen molar-refractivity contribution < 1.29 is 13.6 Å². The predicted octanol–water partition coefficient (Wildman–Crippen LogP) is 2.75. The van der Waals surface area contributed by atoms with Gasteiger partial charge in [-0.25, -0.2) is 8.78 Å². The fourth-order valence-electron chi connectivity index (χ4n) is 2.46. The van der Waals surface area contributed by atoms with E-state index in [2.05, 4.69) is 5.32 Å². The molecule has 0 saturated heterocycles. The Bertz CT molecular complexity index is 449. The zero-order chi connectivity index (χ0) is 14.6. The number of hydrogen-bond donors (Lipinski definition) is 2. The summed E-state index contributed by atoms with van der Waals surface area (Å²) >= 11 is 0. The van der Waals surface area contributed by atoms with E-state index in [1.807, 2.05) is 24.3 Å². The number of nitrogens with one attached hydrogen (secondary N) is 1. The molecule has 1 fully saturated rings. The van der Waals surface area contributed by atoms with Crippen molar-refractivity contribution in [2.45, 2.75) is 38.0 Å². The fourth-order valence-corrected chi connectivity index (χ4v) is 2.46. The Kier molecular flexibility index (Phi) is 4.57. The Balaban J connectivity index is 1.71. The highest BCUT2D eigenvalue weighted by atomic mass is 19.3. The quantitative estimate of drug-likeness (QED) is 0.834. The third kappa shape index (κ3) is 4.18. The van der Waals surface area contributed by atoms with Gasteiger partial charge in [-0.15, -0.1) is 0 Å². The number of benzene rings is 1. The van der Waals surface area contributed by atoms with E-state index in [0.717, 1.165) is 12.0 Å². The summed E-state index contributed by atoms with van der Waals surface area (Å²) in [5.74, 6) is -2.95. The highest BCUT2D eigenvalue weighted by Crippen LogP contribution is 2.36. The van der Waals surface area contributed by atoms with E-state index in [1.165, 1.54) is 0 Å². The third-order valence-corrected chi connectivity index (χ3v) is 3.78. The Hall–Kier alpha value is -1.65. The van der Waals surface area contributed by atoms with E-state index in [0.29, 0.717) is 12.2 Å². The molecule has 0 aliphatic heterocycles. The van der Waals surface area contributed by atoms with Crippen LogP contribution in [0.1, 0.15) is 31.2 Å². The van der Waals surface area contributed by atoms with Crippen molar-refractivity contribution in [2.24, 2.45) is 5.92 Å². The van der Waals surface area contributed by atoms with Crippen LogP contribution < -0.4 is 11.1 Å². The molecule has 1 aromatic carbocycles. The van der Waals surface area contributed by atoms with Crippen molar-refractivity contribution in [3.8, 4) is 0 Å². The summed E-state index contributed by atoms with van der Waals surface area (Å²) in [6.07, 6.45) is 0.919. The molecule has 0 heterocycles. The maximum atomic E-state index is 13.0. The Morgan fingerprint density at radius 1 is 1.25 bits per heavy atom. The van der Waals surface area contributed by atoms with Crippen molar-refractivity contribution in [1.82, 2.24) is 5.32 Å². The molecule has 110 valence electrons. The van der Waals surface area contributed by atoms with Gasteiger partial charge in [0.1, 0.15) is 0 Å². The van der Waals surface area contributed by atoms with Gasteiger partial charge in [0.05, 0.1) is 0 Å². The highest BCUT2D eigenvalue weighted by Gasteiger charge is 2.37. The number of carbonyl (C=O) groups excluding carboxylic acids is 1. The maximum Gasteiger partial charge on any atom is 0.248 e. The molecular formula is C15H20F2N2O. The summed E-state index contributed by atoms with van der Waals surface area (Å²) in [5, 5.41) is 2.83. The minimum atomic E-state index is -2.58. The second kappa shape index (κ2) is 6.20. The molecular weight excluding hydrogens is 262 g/mol.